The fourth-order valence-corrected chi connectivity index (χ4v) is 3.78. The Morgan fingerprint density at radius 1 is 1.08 bits per heavy atom. The van der Waals surface area contributed by atoms with Crippen molar-refractivity contribution in [3.63, 3.8) is 0 Å². The van der Waals surface area contributed by atoms with Crippen LogP contribution in [0.25, 0.3) is 11.0 Å². The summed E-state index contributed by atoms with van der Waals surface area (Å²) < 4.78 is 25.7. The van der Waals surface area contributed by atoms with Crippen LogP contribution in [0.5, 0.6) is 0 Å². The molecule has 1 aromatic heterocycles. The number of methoxy groups -OCH3 is 1. The quantitative estimate of drug-likeness (QED) is 0.262. The summed E-state index contributed by atoms with van der Waals surface area (Å²) in [5.74, 6) is -1.98. The van der Waals surface area contributed by atoms with Gasteiger partial charge in [0.1, 0.15) is 11.4 Å². The van der Waals surface area contributed by atoms with Gasteiger partial charge in [0.05, 0.1) is 30.3 Å². The molecule has 0 spiro atoms. The molecule has 0 aliphatic carbocycles. The van der Waals surface area contributed by atoms with E-state index >= 15 is 0 Å². The van der Waals surface area contributed by atoms with E-state index in [4.69, 9.17) is 4.74 Å². The van der Waals surface area contributed by atoms with Crippen molar-refractivity contribution >= 4 is 35.0 Å². The molecule has 0 atom stereocenters. The number of aliphatic hydroxyl groups is 1. The van der Waals surface area contributed by atoms with Crippen LogP contribution < -0.4 is 10.6 Å². The monoisotopic (exact) mass is 528 g/mol. The van der Waals surface area contributed by atoms with Gasteiger partial charge >= 0.3 is 12.1 Å². The largest absolute Gasteiger partial charge is 0.465 e. The average Bonchev–Trinajstić information content (AvgIpc) is 3.20. The SMILES string of the molecule is COC(=O)c1cc(C(=O)Nc2nc3cc(CO)ccc3n2CCCCCNC(=O)OC(C)(C)C)ccc1F. The smallest absolute Gasteiger partial charge is 0.407 e. The van der Waals surface area contributed by atoms with Crippen molar-refractivity contribution in [3.8, 4) is 0 Å². The third kappa shape index (κ3) is 7.51. The molecule has 0 bridgehead atoms. The molecule has 0 saturated carbocycles. The third-order valence-electron chi connectivity index (χ3n) is 5.58. The van der Waals surface area contributed by atoms with Crippen LogP contribution >= 0.6 is 0 Å². The number of carbonyl (C=O) groups is 3. The molecular weight excluding hydrogens is 495 g/mol. The minimum absolute atomic E-state index is 0.0645. The zero-order valence-corrected chi connectivity index (χ0v) is 22.0. The Morgan fingerprint density at radius 2 is 1.84 bits per heavy atom. The first-order valence-electron chi connectivity index (χ1n) is 12.3. The van der Waals surface area contributed by atoms with Crippen LogP contribution in [0.3, 0.4) is 0 Å². The van der Waals surface area contributed by atoms with Gasteiger partial charge in [-0.2, -0.15) is 0 Å². The van der Waals surface area contributed by atoms with Gasteiger partial charge in [0.15, 0.2) is 0 Å². The van der Waals surface area contributed by atoms with E-state index in [1.807, 2.05) is 10.6 Å². The van der Waals surface area contributed by atoms with Gasteiger partial charge in [-0.15, -0.1) is 0 Å². The molecular formula is C27H33FN4O6. The number of aliphatic hydroxyl groups excluding tert-OH is 1. The summed E-state index contributed by atoms with van der Waals surface area (Å²) in [6.07, 6.45) is 1.79. The summed E-state index contributed by atoms with van der Waals surface area (Å²) in [5, 5.41) is 15.0. The molecule has 204 valence electrons. The van der Waals surface area contributed by atoms with Crippen LogP contribution in [0, 0.1) is 5.82 Å². The Hall–Kier alpha value is -3.99. The van der Waals surface area contributed by atoms with E-state index in [0.29, 0.717) is 24.2 Å². The van der Waals surface area contributed by atoms with E-state index in [1.165, 1.54) is 6.07 Å². The van der Waals surface area contributed by atoms with Crippen molar-refractivity contribution in [1.29, 1.82) is 0 Å². The lowest BCUT2D eigenvalue weighted by Crippen LogP contribution is -2.33. The lowest BCUT2D eigenvalue weighted by atomic mass is 10.1. The fraction of sp³-hybridized carbons (Fsp3) is 0.407. The number of fused-ring (bicyclic) bond motifs is 1. The number of amides is 2. The predicted molar refractivity (Wildman–Crippen MR) is 139 cm³/mol. The summed E-state index contributed by atoms with van der Waals surface area (Å²) in [6, 6.07) is 8.76. The summed E-state index contributed by atoms with van der Waals surface area (Å²) in [6.45, 7) is 6.24. The van der Waals surface area contributed by atoms with E-state index < -0.39 is 29.4 Å². The van der Waals surface area contributed by atoms with Crippen molar-refractivity contribution in [1.82, 2.24) is 14.9 Å². The molecule has 0 aliphatic rings. The standard InChI is InChI=1S/C27H33FN4O6/c1-27(2,3)38-26(36)29-12-6-5-7-13-32-22-11-8-17(16-33)14-21(22)30-25(32)31-23(34)18-9-10-20(28)19(15-18)24(35)37-4/h8-11,14-15,33H,5-7,12-13,16H2,1-4H3,(H,29,36)(H,30,31,34). The second-order valence-corrected chi connectivity index (χ2v) is 9.70. The molecule has 3 aromatic rings. The molecule has 2 aromatic carbocycles. The van der Waals surface area contributed by atoms with Gasteiger partial charge in [-0.1, -0.05) is 6.07 Å². The summed E-state index contributed by atoms with van der Waals surface area (Å²) in [4.78, 5) is 41.1. The fourth-order valence-electron chi connectivity index (χ4n) is 3.78. The number of rotatable bonds is 10. The molecule has 0 aliphatic heterocycles. The second-order valence-electron chi connectivity index (χ2n) is 9.70. The number of esters is 1. The number of unbranched alkanes of at least 4 members (excludes halogenated alkanes) is 2. The number of aryl methyl sites for hydroxylation is 1. The molecule has 0 radical (unpaired) electrons. The van der Waals surface area contributed by atoms with Crippen LogP contribution in [0.15, 0.2) is 36.4 Å². The van der Waals surface area contributed by atoms with E-state index in [2.05, 4.69) is 20.4 Å². The highest BCUT2D eigenvalue weighted by Gasteiger charge is 2.19. The van der Waals surface area contributed by atoms with Gasteiger partial charge in [0.25, 0.3) is 5.91 Å². The lowest BCUT2D eigenvalue weighted by molar-refractivity contribution is 0.0525. The zero-order chi connectivity index (χ0) is 27.9. The highest BCUT2D eigenvalue weighted by Crippen LogP contribution is 2.23. The second kappa shape index (κ2) is 12.5. The Balaban J connectivity index is 1.72. The third-order valence-corrected chi connectivity index (χ3v) is 5.58. The molecule has 0 saturated heterocycles. The highest BCUT2D eigenvalue weighted by atomic mass is 19.1. The Kier molecular flexibility index (Phi) is 9.40. The molecule has 3 N–H and O–H groups in total. The number of halogens is 1. The van der Waals surface area contributed by atoms with E-state index in [1.54, 1.807) is 32.9 Å². The number of hydrogen-bond donors (Lipinski definition) is 3. The van der Waals surface area contributed by atoms with Gasteiger partial charge < -0.3 is 24.5 Å². The Bertz CT molecular complexity index is 1310. The van der Waals surface area contributed by atoms with E-state index in [9.17, 15) is 23.9 Å². The predicted octanol–water partition coefficient (Wildman–Crippen LogP) is 4.40. The number of hydrogen-bond acceptors (Lipinski definition) is 7. The number of carbonyl (C=O) groups excluding carboxylic acids is 3. The minimum atomic E-state index is -0.887. The first-order valence-corrected chi connectivity index (χ1v) is 12.3. The van der Waals surface area contributed by atoms with Crippen LogP contribution in [0.1, 0.15) is 66.3 Å². The summed E-state index contributed by atoms with van der Waals surface area (Å²) >= 11 is 0. The maximum absolute atomic E-state index is 14.0. The highest BCUT2D eigenvalue weighted by molar-refractivity contribution is 6.05. The number of aromatic nitrogens is 2. The molecule has 3 rings (SSSR count). The first-order chi connectivity index (χ1) is 18.0. The van der Waals surface area contributed by atoms with Crippen LogP contribution in [0.4, 0.5) is 15.1 Å². The van der Waals surface area contributed by atoms with Gasteiger partial charge in [0.2, 0.25) is 5.95 Å². The number of benzene rings is 2. The number of anilines is 1. The zero-order valence-electron chi connectivity index (χ0n) is 22.0. The normalized spacial score (nSPS) is 11.3. The Morgan fingerprint density at radius 3 is 2.53 bits per heavy atom. The van der Waals surface area contributed by atoms with Crippen molar-refractivity contribution in [3.05, 3.63) is 58.9 Å². The van der Waals surface area contributed by atoms with Crippen LogP contribution in [0.2, 0.25) is 0 Å². The molecule has 2 amide bonds. The Labute approximate surface area is 220 Å². The number of nitrogens with one attached hydrogen (secondary N) is 2. The van der Waals surface area contributed by atoms with Gasteiger partial charge in [-0.25, -0.2) is 19.0 Å². The van der Waals surface area contributed by atoms with Gasteiger partial charge in [-0.3, -0.25) is 10.1 Å². The number of nitrogens with zero attached hydrogens (tertiary/aromatic N) is 2. The van der Waals surface area contributed by atoms with Crippen molar-refractivity contribution < 1.29 is 33.4 Å². The van der Waals surface area contributed by atoms with Gasteiger partial charge in [-0.05, 0) is 75.9 Å². The van der Waals surface area contributed by atoms with Crippen molar-refractivity contribution in [2.75, 3.05) is 19.0 Å². The summed E-state index contributed by atoms with van der Waals surface area (Å²) in [5.41, 5.74) is 1.19. The minimum Gasteiger partial charge on any atom is -0.465 e. The average molecular weight is 529 g/mol. The van der Waals surface area contributed by atoms with Gasteiger partial charge in [0, 0.05) is 18.7 Å². The lowest BCUT2D eigenvalue weighted by Gasteiger charge is -2.19. The summed E-state index contributed by atoms with van der Waals surface area (Å²) in [7, 11) is 1.13. The topological polar surface area (TPSA) is 132 Å². The number of imidazole rings is 1. The number of ether oxygens (including phenoxy) is 2. The van der Waals surface area contributed by atoms with Crippen molar-refractivity contribution in [2.45, 2.75) is 58.8 Å². The molecule has 11 heteroatoms. The molecule has 1 heterocycles. The number of alkyl carbamates (subject to hydrolysis) is 1. The van der Waals surface area contributed by atoms with Crippen LogP contribution in [-0.4, -0.2) is 51.9 Å². The maximum Gasteiger partial charge on any atom is 0.407 e. The van der Waals surface area contributed by atoms with Crippen LogP contribution in [-0.2, 0) is 22.6 Å². The maximum atomic E-state index is 14.0. The molecule has 0 unspecified atom stereocenters. The molecule has 10 nitrogen and oxygen atoms in total. The first kappa shape index (κ1) is 28.6. The van der Waals surface area contributed by atoms with E-state index in [0.717, 1.165) is 44.0 Å². The van der Waals surface area contributed by atoms with Crippen molar-refractivity contribution in [2.24, 2.45) is 0 Å². The van der Waals surface area contributed by atoms with E-state index in [-0.39, 0.29) is 23.7 Å². The molecule has 38 heavy (non-hydrogen) atoms. The molecule has 0 fully saturated rings.